The number of amides is 4. The molecule has 0 aromatic heterocycles. The molecular formula is C12H19N3O3. The summed E-state index contributed by atoms with van der Waals surface area (Å²) in [5.41, 5.74) is 0. The summed E-state index contributed by atoms with van der Waals surface area (Å²) in [7, 11) is 0. The Morgan fingerprint density at radius 3 is 2.67 bits per heavy atom. The Balaban J connectivity index is 1.89. The van der Waals surface area contributed by atoms with Gasteiger partial charge in [0, 0.05) is 6.04 Å². The highest BCUT2D eigenvalue weighted by Gasteiger charge is 2.39. The van der Waals surface area contributed by atoms with Gasteiger partial charge in [0.2, 0.25) is 5.91 Å². The van der Waals surface area contributed by atoms with Gasteiger partial charge in [0.05, 0.1) is 0 Å². The summed E-state index contributed by atoms with van der Waals surface area (Å²) >= 11 is 0. The van der Waals surface area contributed by atoms with E-state index in [0.717, 1.165) is 17.7 Å². The van der Waals surface area contributed by atoms with Gasteiger partial charge >= 0.3 is 6.03 Å². The third kappa shape index (κ3) is 3.00. The van der Waals surface area contributed by atoms with Gasteiger partial charge in [-0.1, -0.05) is 13.8 Å². The highest BCUT2D eigenvalue weighted by Crippen LogP contribution is 2.19. The molecule has 1 saturated heterocycles. The molecule has 6 nitrogen and oxygen atoms in total. The first-order valence-electron chi connectivity index (χ1n) is 6.38. The summed E-state index contributed by atoms with van der Waals surface area (Å²) in [6.45, 7) is 3.81. The predicted molar refractivity (Wildman–Crippen MR) is 64.7 cm³/mol. The Kier molecular flexibility index (Phi) is 3.54. The van der Waals surface area contributed by atoms with E-state index >= 15 is 0 Å². The van der Waals surface area contributed by atoms with Crippen molar-refractivity contribution in [2.45, 2.75) is 45.2 Å². The molecule has 0 spiro atoms. The molecule has 6 heteroatoms. The van der Waals surface area contributed by atoms with Crippen molar-refractivity contribution in [3.63, 3.8) is 0 Å². The van der Waals surface area contributed by atoms with E-state index in [1.54, 1.807) is 0 Å². The van der Waals surface area contributed by atoms with Gasteiger partial charge in [-0.25, -0.2) is 4.79 Å². The summed E-state index contributed by atoms with van der Waals surface area (Å²) in [5.74, 6) is -0.231. The number of nitrogens with zero attached hydrogens (tertiary/aromatic N) is 1. The van der Waals surface area contributed by atoms with E-state index in [9.17, 15) is 14.4 Å². The number of hydrogen-bond acceptors (Lipinski definition) is 3. The molecule has 0 bridgehead atoms. The van der Waals surface area contributed by atoms with Gasteiger partial charge in [0.15, 0.2) is 0 Å². The average Bonchev–Trinajstić information content (AvgIpc) is 3.02. The zero-order valence-electron chi connectivity index (χ0n) is 10.7. The van der Waals surface area contributed by atoms with Crippen LogP contribution in [0.3, 0.4) is 0 Å². The lowest BCUT2D eigenvalue weighted by Gasteiger charge is -2.13. The van der Waals surface area contributed by atoms with Crippen molar-refractivity contribution in [2.75, 3.05) is 6.54 Å². The highest BCUT2D eigenvalue weighted by molar-refractivity contribution is 6.06. The van der Waals surface area contributed by atoms with Crippen molar-refractivity contribution in [3.05, 3.63) is 0 Å². The Labute approximate surface area is 106 Å². The number of imide groups is 1. The summed E-state index contributed by atoms with van der Waals surface area (Å²) in [4.78, 5) is 36.2. The van der Waals surface area contributed by atoms with Crippen molar-refractivity contribution in [2.24, 2.45) is 5.92 Å². The first-order chi connectivity index (χ1) is 8.47. The third-order valence-corrected chi connectivity index (χ3v) is 3.06. The molecule has 1 atom stereocenters. The lowest BCUT2D eigenvalue weighted by molar-refractivity contribution is -0.132. The van der Waals surface area contributed by atoms with Crippen LogP contribution in [0.5, 0.6) is 0 Å². The van der Waals surface area contributed by atoms with Gasteiger partial charge in [-0.05, 0) is 25.2 Å². The summed E-state index contributed by atoms with van der Waals surface area (Å²) in [5, 5.41) is 5.38. The number of carbonyl (C=O) groups is 3. The number of nitrogens with one attached hydrogen (secondary N) is 2. The molecule has 4 amide bonds. The quantitative estimate of drug-likeness (QED) is 0.688. The molecule has 1 aliphatic heterocycles. The van der Waals surface area contributed by atoms with Gasteiger partial charge in [0.25, 0.3) is 5.91 Å². The zero-order chi connectivity index (χ0) is 13.3. The predicted octanol–water partition coefficient (Wildman–Crippen LogP) is 0.231. The molecule has 0 unspecified atom stereocenters. The topological polar surface area (TPSA) is 78.5 Å². The van der Waals surface area contributed by atoms with E-state index < -0.39 is 12.1 Å². The van der Waals surface area contributed by atoms with Crippen molar-refractivity contribution >= 4 is 17.8 Å². The first-order valence-corrected chi connectivity index (χ1v) is 6.38. The van der Waals surface area contributed by atoms with E-state index in [1.807, 2.05) is 13.8 Å². The normalized spacial score (nSPS) is 23.5. The van der Waals surface area contributed by atoms with E-state index in [4.69, 9.17) is 0 Å². The Hall–Kier alpha value is -1.59. The van der Waals surface area contributed by atoms with Crippen LogP contribution in [0.25, 0.3) is 0 Å². The van der Waals surface area contributed by atoms with Crippen LogP contribution in [-0.2, 0) is 9.59 Å². The second kappa shape index (κ2) is 4.96. The summed E-state index contributed by atoms with van der Waals surface area (Å²) in [6, 6.07) is -0.701. The Bertz CT molecular complexity index is 377. The fraction of sp³-hybridized carbons (Fsp3) is 0.750. The SMILES string of the molecule is CC(C)C[C@H]1NC(=O)N(CC(=O)NC2CC2)C1=O. The maximum absolute atomic E-state index is 12.0. The van der Waals surface area contributed by atoms with E-state index in [2.05, 4.69) is 10.6 Å². The third-order valence-electron chi connectivity index (χ3n) is 3.06. The second-order valence-electron chi connectivity index (χ2n) is 5.40. The molecule has 0 aromatic rings. The van der Waals surface area contributed by atoms with E-state index in [1.165, 1.54) is 0 Å². The number of urea groups is 1. The standard InChI is InChI=1S/C12H19N3O3/c1-7(2)5-9-11(17)15(12(18)14-9)6-10(16)13-8-3-4-8/h7-9H,3-6H2,1-2H3,(H,13,16)(H,14,18)/t9-/m1/s1. The Morgan fingerprint density at radius 1 is 1.44 bits per heavy atom. The molecule has 18 heavy (non-hydrogen) atoms. The Morgan fingerprint density at radius 2 is 2.11 bits per heavy atom. The zero-order valence-corrected chi connectivity index (χ0v) is 10.7. The monoisotopic (exact) mass is 253 g/mol. The second-order valence-corrected chi connectivity index (χ2v) is 5.40. The summed E-state index contributed by atoms with van der Waals surface area (Å²) in [6.07, 6.45) is 2.58. The first kappa shape index (κ1) is 12.9. The largest absolute Gasteiger partial charge is 0.352 e. The van der Waals surface area contributed by atoms with Crippen LogP contribution in [0, 0.1) is 5.92 Å². The molecule has 100 valence electrons. The lowest BCUT2D eigenvalue weighted by atomic mass is 10.0. The smallest absolute Gasteiger partial charge is 0.325 e. The van der Waals surface area contributed by atoms with Crippen LogP contribution in [-0.4, -0.2) is 41.4 Å². The van der Waals surface area contributed by atoms with Crippen LogP contribution in [0.4, 0.5) is 4.79 Å². The van der Waals surface area contributed by atoms with Gasteiger partial charge in [-0.3, -0.25) is 14.5 Å². The van der Waals surface area contributed by atoms with Crippen molar-refractivity contribution in [3.8, 4) is 0 Å². The fourth-order valence-electron chi connectivity index (χ4n) is 2.00. The molecular weight excluding hydrogens is 234 g/mol. The minimum atomic E-state index is -0.480. The molecule has 0 radical (unpaired) electrons. The molecule has 1 heterocycles. The highest BCUT2D eigenvalue weighted by atomic mass is 16.2. The molecule has 0 aromatic carbocycles. The minimum Gasteiger partial charge on any atom is -0.352 e. The van der Waals surface area contributed by atoms with Crippen LogP contribution < -0.4 is 10.6 Å². The fourth-order valence-corrected chi connectivity index (χ4v) is 2.00. The maximum Gasteiger partial charge on any atom is 0.325 e. The molecule has 2 aliphatic rings. The molecule has 1 aliphatic carbocycles. The number of carbonyl (C=O) groups excluding carboxylic acids is 3. The minimum absolute atomic E-state index is 0.171. The van der Waals surface area contributed by atoms with Gasteiger partial charge in [-0.15, -0.1) is 0 Å². The van der Waals surface area contributed by atoms with E-state index in [-0.39, 0.29) is 24.4 Å². The van der Waals surface area contributed by atoms with Gasteiger partial charge < -0.3 is 10.6 Å². The van der Waals surface area contributed by atoms with Crippen LogP contribution in [0.1, 0.15) is 33.1 Å². The summed E-state index contributed by atoms with van der Waals surface area (Å²) < 4.78 is 0. The molecule has 1 saturated carbocycles. The van der Waals surface area contributed by atoms with Crippen LogP contribution >= 0.6 is 0 Å². The molecule has 2 rings (SSSR count). The number of rotatable bonds is 5. The van der Waals surface area contributed by atoms with Crippen LogP contribution in [0.2, 0.25) is 0 Å². The molecule has 2 fully saturated rings. The lowest BCUT2D eigenvalue weighted by Crippen LogP contribution is -2.41. The maximum atomic E-state index is 12.0. The average molecular weight is 253 g/mol. The van der Waals surface area contributed by atoms with Crippen molar-refractivity contribution < 1.29 is 14.4 Å². The van der Waals surface area contributed by atoms with E-state index in [0.29, 0.717) is 12.3 Å². The van der Waals surface area contributed by atoms with Gasteiger partial charge in [-0.2, -0.15) is 0 Å². The molecule has 2 N–H and O–H groups in total. The van der Waals surface area contributed by atoms with Crippen LogP contribution in [0.15, 0.2) is 0 Å². The van der Waals surface area contributed by atoms with Crippen molar-refractivity contribution in [1.29, 1.82) is 0 Å². The number of hydrogen-bond donors (Lipinski definition) is 2. The van der Waals surface area contributed by atoms with Gasteiger partial charge in [0.1, 0.15) is 12.6 Å². The van der Waals surface area contributed by atoms with Crippen molar-refractivity contribution in [1.82, 2.24) is 15.5 Å².